The molecule has 110 valence electrons. The van der Waals surface area contributed by atoms with Crippen molar-refractivity contribution in [2.75, 3.05) is 0 Å². The Morgan fingerprint density at radius 2 is 1.42 bits per heavy atom. The molecule has 0 spiro atoms. The van der Waals surface area contributed by atoms with E-state index in [0.29, 0.717) is 9.76 Å². The van der Waals surface area contributed by atoms with Crippen molar-refractivity contribution in [1.29, 1.82) is 0 Å². The number of carbonyl (C=O) groups excluding carboxylic acids is 2. The first-order valence-electron chi connectivity index (χ1n) is 5.89. The third-order valence-electron chi connectivity index (χ3n) is 1.97. The summed E-state index contributed by atoms with van der Waals surface area (Å²) in [5.74, 6) is -1.97. The number of carbonyl (C=O) groups is 2. The van der Waals surface area contributed by atoms with E-state index in [1.54, 1.807) is 0 Å². The zero-order valence-electron chi connectivity index (χ0n) is 12.5. The number of hydrogen-bond acceptors (Lipinski definition) is 6. The highest BCUT2D eigenvalue weighted by Crippen LogP contribution is 2.21. The van der Waals surface area contributed by atoms with Gasteiger partial charge in [0.25, 0.3) is 14.2 Å². The summed E-state index contributed by atoms with van der Waals surface area (Å²) < 4.78 is 21.8. The minimum absolute atomic E-state index is 0.324. The average Bonchev–Trinajstić information content (AvgIpc) is 2.12. The summed E-state index contributed by atoms with van der Waals surface area (Å²) in [7, 11) is -4.56. The number of esters is 2. The van der Waals surface area contributed by atoms with Crippen molar-refractivity contribution in [2.45, 2.75) is 52.5 Å². The van der Waals surface area contributed by atoms with Crippen molar-refractivity contribution in [2.24, 2.45) is 0 Å². The van der Waals surface area contributed by atoms with Crippen LogP contribution in [0.1, 0.15) is 13.8 Å². The number of hydrogen-bond donors (Lipinski definition) is 0. The maximum absolute atomic E-state index is 11.1. The number of rotatable bonds is 7. The van der Waals surface area contributed by atoms with E-state index in [-0.39, 0.29) is 0 Å². The highest BCUT2D eigenvalue weighted by molar-refractivity contribution is 6.84. The fourth-order valence-corrected chi connectivity index (χ4v) is 10.4. The molecule has 0 rings (SSSR count). The average molecular weight is 323 g/mol. The van der Waals surface area contributed by atoms with Gasteiger partial charge in [0.1, 0.15) is 0 Å². The SMILES string of the molecule is C[Si]O[Si](C)(C)O[Si](C)(C)C(OC(C)=O)OC(C)=O. The quantitative estimate of drug-likeness (QED) is 0.403. The van der Waals surface area contributed by atoms with Gasteiger partial charge in [-0.15, -0.1) is 0 Å². The highest BCUT2D eigenvalue weighted by Gasteiger charge is 2.45. The largest absolute Gasteiger partial charge is 0.437 e. The second-order valence-corrected chi connectivity index (χ2v) is 13.5. The van der Waals surface area contributed by atoms with Crippen LogP contribution in [0.5, 0.6) is 0 Å². The molecule has 0 aliphatic rings. The van der Waals surface area contributed by atoms with Gasteiger partial charge in [-0.05, 0) is 32.7 Å². The van der Waals surface area contributed by atoms with Crippen molar-refractivity contribution in [3.8, 4) is 0 Å². The molecule has 0 aliphatic heterocycles. The molecule has 0 unspecified atom stereocenters. The zero-order valence-corrected chi connectivity index (χ0v) is 15.5. The molecular weight excluding hydrogens is 300 g/mol. The van der Waals surface area contributed by atoms with Crippen molar-refractivity contribution in [1.82, 2.24) is 0 Å². The molecule has 2 radical (unpaired) electrons. The minimum atomic E-state index is -2.58. The summed E-state index contributed by atoms with van der Waals surface area (Å²) in [6, 6.07) is 0. The predicted molar refractivity (Wildman–Crippen MR) is 76.1 cm³/mol. The summed E-state index contributed by atoms with van der Waals surface area (Å²) in [5, 5.41) is 0. The van der Waals surface area contributed by atoms with Gasteiger partial charge in [-0.1, -0.05) is 0 Å². The van der Waals surface area contributed by atoms with Crippen molar-refractivity contribution >= 4 is 38.6 Å². The molecule has 0 amide bonds. The first-order chi connectivity index (χ1) is 8.50. The highest BCUT2D eigenvalue weighted by atomic mass is 28.5. The molecule has 0 bridgehead atoms. The molecule has 19 heavy (non-hydrogen) atoms. The summed E-state index contributed by atoms with van der Waals surface area (Å²) >= 11 is 0. The molecule has 0 saturated heterocycles. The molecule has 0 aromatic heterocycles. The summed E-state index contributed by atoms with van der Waals surface area (Å²) in [4.78, 5) is 22.2. The summed E-state index contributed by atoms with van der Waals surface area (Å²) in [6.45, 7) is 12.0. The lowest BCUT2D eigenvalue weighted by Gasteiger charge is -2.36. The van der Waals surface area contributed by atoms with Crippen LogP contribution < -0.4 is 0 Å². The second kappa shape index (κ2) is 7.33. The van der Waals surface area contributed by atoms with Gasteiger partial charge in [0.05, 0.1) is 0 Å². The van der Waals surface area contributed by atoms with Crippen LogP contribution in [0.25, 0.3) is 0 Å². The molecule has 0 N–H and O–H groups in total. The van der Waals surface area contributed by atoms with Gasteiger partial charge in [-0.3, -0.25) is 9.59 Å². The summed E-state index contributed by atoms with van der Waals surface area (Å²) in [6.07, 6.45) is 0. The van der Waals surface area contributed by atoms with Crippen LogP contribution >= 0.6 is 0 Å². The smallest absolute Gasteiger partial charge is 0.311 e. The summed E-state index contributed by atoms with van der Waals surface area (Å²) in [5.41, 5.74) is 0. The fourth-order valence-electron chi connectivity index (χ4n) is 1.56. The van der Waals surface area contributed by atoms with E-state index in [1.165, 1.54) is 13.8 Å². The van der Waals surface area contributed by atoms with E-state index in [1.807, 2.05) is 32.7 Å². The Balaban J connectivity index is 4.94. The first kappa shape index (κ1) is 18.5. The fraction of sp³-hybridized carbons (Fsp3) is 0.800. The van der Waals surface area contributed by atoms with E-state index in [9.17, 15) is 9.59 Å². The Morgan fingerprint density at radius 3 is 1.74 bits per heavy atom. The molecule has 0 atom stereocenters. The molecule has 0 aromatic carbocycles. The molecule has 0 saturated carbocycles. The first-order valence-corrected chi connectivity index (χ1v) is 13.1. The third-order valence-corrected chi connectivity index (χ3v) is 10.2. The standard InChI is InChI=1S/C10H22O6Si3/c1-8(11)13-10(14-9(2)12)18(4,5)16-19(6,7)15-17-3/h10H,1-7H3. The van der Waals surface area contributed by atoms with Crippen LogP contribution in [0.3, 0.4) is 0 Å². The molecule has 0 aromatic rings. The van der Waals surface area contributed by atoms with E-state index in [0.717, 1.165) is 0 Å². The van der Waals surface area contributed by atoms with Gasteiger partial charge < -0.3 is 17.7 Å². The Kier molecular flexibility index (Phi) is 7.15. The van der Waals surface area contributed by atoms with E-state index < -0.39 is 34.7 Å². The number of ether oxygens (including phenoxy) is 2. The van der Waals surface area contributed by atoms with Crippen LogP contribution in [-0.2, 0) is 27.3 Å². The minimum Gasteiger partial charge on any atom is -0.437 e. The van der Waals surface area contributed by atoms with Crippen molar-refractivity contribution < 1.29 is 27.3 Å². The lowest BCUT2D eigenvalue weighted by atomic mass is 10.8. The van der Waals surface area contributed by atoms with E-state index >= 15 is 0 Å². The van der Waals surface area contributed by atoms with Gasteiger partial charge in [0.2, 0.25) is 9.76 Å². The normalized spacial score (nSPS) is 12.4. The van der Waals surface area contributed by atoms with Gasteiger partial charge >= 0.3 is 20.5 Å². The van der Waals surface area contributed by atoms with Crippen LogP contribution in [0.4, 0.5) is 0 Å². The van der Waals surface area contributed by atoms with Gasteiger partial charge in [-0.2, -0.15) is 0 Å². The Hall–Kier alpha value is -0.489. The predicted octanol–water partition coefficient (Wildman–Crippen LogP) is 1.59. The lowest BCUT2D eigenvalue weighted by Crippen LogP contribution is -2.56. The van der Waals surface area contributed by atoms with Crippen molar-refractivity contribution in [3.63, 3.8) is 0 Å². The van der Waals surface area contributed by atoms with Crippen LogP contribution in [-0.4, -0.2) is 44.5 Å². The molecule has 0 aliphatic carbocycles. The Labute approximate surface area is 119 Å². The lowest BCUT2D eigenvalue weighted by molar-refractivity contribution is -0.174. The zero-order chi connectivity index (χ0) is 15.3. The maximum Gasteiger partial charge on any atom is 0.311 e. The Bertz CT molecular complexity index is 315. The maximum atomic E-state index is 11.1. The third kappa shape index (κ3) is 7.62. The topological polar surface area (TPSA) is 71.1 Å². The van der Waals surface area contributed by atoms with Crippen LogP contribution in [0.15, 0.2) is 0 Å². The molecule has 0 fully saturated rings. The molecule has 9 heteroatoms. The van der Waals surface area contributed by atoms with Gasteiger partial charge in [0, 0.05) is 13.8 Å². The molecular formula is C10H22O6Si3. The monoisotopic (exact) mass is 322 g/mol. The molecule has 6 nitrogen and oxygen atoms in total. The second-order valence-electron chi connectivity index (χ2n) is 4.96. The van der Waals surface area contributed by atoms with E-state index in [4.69, 9.17) is 17.7 Å². The van der Waals surface area contributed by atoms with Gasteiger partial charge in [-0.25, -0.2) is 0 Å². The van der Waals surface area contributed by atoms with Crippen LogP contribution in [0.2, 0.25) is 32.7 Å². The van der Waals surface area contributed by atoms with E-state index in [2.05, 4.69) is 0 Å². The van der Waals surface area contributed by atoms with Gasteiger partial charge in [0.15, 0.2) is 0 Å². The Morgan fingerprint density at radius 1 is 1.00 bits per heavy atom. The molecule has 0 heterocycles. The van der Waals surface area contributed by atoms with Crippen LogP contribution in [0, 0.1) is 0 Å². The van der Waals surface area contributed by atoms with Crippen molar-refractivity contribution in [3.05, 3.63) is 0 Å².